The highest BCUT2D eigenvalue weighted by Gasteiger charge is 2.32. The van der Waals surface area contributed by atoms with Crippen molar-refractivity contribution in [1.29, 1.82) is 0 Å². The summed E-state index contributed by atoms with van der Waals surface area (Å²) in [5, 5.41) is 12.7. The topological polar surface area (TPSA) is 71.4 Å². The van der Waals surface area contributed by atoms with Crippen LogP contribution in [0.15, 0.2) is 109 Å². The van der Waals surface area contributed by atoms with E-state index in [2.05, 4.69) is 0 Å². The van der Waals surface area contributed by atoms with Crippen LogP contribution in [0, 0.1) is 0 Å². The zero-order chi connectivity index (χ0) is 25.6. The van der Waals surface area contributed by atoms with Gasteiger partial charge in [-0.1, -0.05) is 96.5 Å². The van der Waals surface area contributed by atoms with Crippen LogP contribution in [0.4, 0.5) is 17.3 Å². The molecule has 0 aliphatic carbocycles. The lowest BCUT2D eigenvalue weighted by Crippen LogP contribution is -2.19. The fourth-order valence-electron chi connectivity index (χ4n) is 4.71. The Kier molecular flexibility index (Phi) is 5.20. The largest absolute Gasteiger partial charge is 0.507 e. The monoisotopic (exact) mass is 514 g/mol. The van der Waals surface area contributed by atoms with E-state index < -0.39 is 0 Å². The Labute approximate surface area is 223 Å². The predicted molar refractivity (Wildman–Crippen MR) is 150 cm³/mol. The van der Waals surface area contributed by atoms with Gasteiger partial charge in [0.15, 0.2) is 23.1 Å². The fourth-order valence-corrected chi connectivity index (χ4v) is 4.92. The van der Waals surface area contributed by atoms with Gasteiger partial charge in [-0.15, -0.1) is 0 Å². The highest BCUT2D eigenvalue weighted by molar-refractivity contribution is 6.32. The van der Waals surface area contributed by atoms with Gasteiger partial charge in [0, 0.05) is 11.1 Å². The Morgan fingerprint density at radius 3 is 1.92 bits per heavy atom. The van der Waals surface area contributed by atoms with Crippen molar-refractivity contribution in [3.63, 3.8) is 0 Å². The minimum atomic E-state index is 0.111. The van der Waals surface area contributed by atoms with Crippen molar-refractivity contribution in [2.45, 2.75) is 0 Å². The molecule has 1 aliphatic heterocycles. The minimum absolute atomic E-state index is 0.111. The third kappa shape index (κ3) is 3.62. The number of aromatic nitrogens is 3. The molecule has 5 aromatic carbocycles. The summed E-state index contributed by atoms with van der Waals surface area (Å²) in [5.74, 6) is 2.52. The van der Waals surface area contributed by atoms with Crippen LogP contribution in [0.2, 0.25) is 5.02 Å². The van der Waals surface area contributed by atoms with Crippen LogP contribution in [0.25, 0.3) is 33.5 Å². The standard InChI is InChI=1S/C31H19ClN4O2/c32-22-14-8-15-23-27(22)38-28-24(18-17-19-13-7-16-25(37)26(19)28)36(23)31-34-29(20-9-3-1-4-10-20)33-30(35-31)21-11-5-2-6-12-21/h1-18,37H. The number of halogens is 1. The van der Waals surface area contributed by atoms with E-state index in [0.29, 0.717) is 50.9 Å². The van der Waals surface area contributed by atoms with Crippen LogP contribution >= 0.6 is 11.6 Å². The summed E-state index contributed by atoms with van der Waals surface area (Å²) in [5.41, 5.74) is 3.09. The first kappa shape index (κ1) is 22.3. The molecule has 0 saturated carbocycles. The van der Waals surface area contributed by atoms with Gasteiger partial charge in [0.1, 0.15) is 5.75 Å². The van der Waals surface area contributed by atoms with E-state index >= 15 is 0 Å². The van der Waals surface area contributed by atoms with E-state index in [4.69, 9.17) is 31.3 Å². The number of aromatic hydroxyl groups is 1. The van der Waals surface area contributed by atoms with Crippen LogP contribution in [0.5, 0.6) is 17.2 Å². The van der Waals surface area contributed by atoms with Crippen LogP contribution in [-0.4, -0.2) is 20.1 Å². The van der Waals surface area contributed by atoms with Gasteiger partial charge in [0.05, 0.1) is 21.8 Å². The Bertz CT molecular complexity index is 1770. The zero-order valence-corrected chi connectivity index (χ0v) is 20.7. The van der Waals surface area contributed by atoms with E-state index in [-0.39, 0.29) is 5.75 Å². The van der Waals surface area contributed by atoms with Gasteiger partial charge in [0.2, 0.25) is 5.95 Å². The van der Waals surface area contributed by atoms with Gasteiger partial charge >= 0.3 is 0 Å². The lowest BCUT2D eigenvalue weighted by Gasteiger charge is -2.32. The molecule has 1 N–H and O–H groups in total. The van der Waals surface area contributed by atoms with Crippen LogP contribution in [-0.2, 0) is 0 Å². The number of phenols is 1. The van der Waals surface area contributed by atoms with Crippen molar-refractivity contribution in [2.75, 3.05) is 4.90 Å². The predicted octanol–water partition coefficient (Wildman–Crippen LogP) is 8.29. The zero-order valence-electron chi connectivity index (χ0n) is 19.9. The molecular weight excluding hydrogens is 496 g/mol. The van der Waals surface area contributed by atoms with Gasteiger partial charge in [-0.3, -0.25) is 4.90 Å². The Morgan fingerprint density at radius 2 is 1.24 bits per heavy atom. The number of nitrogens with zero attached hydrogens (tertiary/aromatic N) is 4. The third-order valence-electron chi connectivity index (χ3n) is 6.47. The van der Waals surface area contributed by atoms with Crippen molar-refractivity contribution in [2.24, 2.45) is 0 Å². The molecule has 1 aliphatic rings. The summed E-state index contributed by atoms with van der Waals surface area (Å²) in [6, 6.07) is 34.4. The van der Waals surface area contributed by atoms with Crippen LogP contribution in [0.3, 0.4) is 0 Å². The van der Waals surface area contributed by atoms with Gasteiger partial charge in [0.25, 0.3) is 0 Å². The fraction of sp³-hybridized carbons (Fsp3) is 0. The second kappa shape index (κ2) is 8.87. The average Bonchev–Trinajstić information content (AvgIpc) is 2.97. The van der Waals surface area contributed by atoms with Gasteiger partial charge < -0.3 is 9.84 Å². The first-order valence-electron chi connectivity index (χ1n) is 12.1. The number of anilines is 3. The van der Waals surface area contributed by atoms with Gasteiger partial charge in [-0.25, -0.2) is 4.98 Å². The van der Waals surface area contributed by atoms with Crippen molar-refractivity contribution in [3.05, 3.63) is 114 Å². The molecule has 0 amide bonds. The number of benzene rings is 5. The molecule has 6 aromatic rings. The van der Waals surface area contributed by atoms with Crippen molar-refractivity contribution in [1.82, 2.24) is 15.0 Å². The molecule has 0 atom stereocenters. The van der Waals surface area contributed by atoms with E-state index in [1.165, 1.54) is 0 Å². The molecule has 1 aromatic heterocycles. The highest BCUT2D eigenvalue weighted by atomic mass is 35.5. The van der Waals surface area contributed by atoms with Crippen molar-refractivity contribution < 1.29 is 9.84 Å². The summed E-state index contributed by atoms with van der Waals surface area (Å²) in [7, 11) is 0. The van der Waals surface area contributed by atoms with Gasteiger partial charge in [-0.2, -0.15) is 9.97 Å². The van der Waals surface area contributed by atoms with E-state index in [1.54, 1.807) is 18.2 Å². The number of hydrogen-bond acceptors (Lipinski definition) is 6. The molecule has 0 fully saturated rings. The number of rotatable bonds is 3. The second-order valence-corrected chi connectivity index (χ2v) is 9.24. The van der Waals surface area contributed by atoms with Crippen LogP contribution in [0.1, 0.15) is 0 Å². The lowest BCUT2D eigenvalue weighted by molar-refractivity contribution is 0.465. The molecule has 38 heavy (non-hydrogen) atoms. The Hall–Kier alpha value is -4.94. The average molecular weight is 515 g/mol. The second-order valence-electron chi connectivity index (χ2n) is 8.83. The summed E-state index contributed by atoms with van der Waals surface area (Å²) < 4.78 is 6.38. The molecule has 0 radical (unpaired) electrons. The van der Waals surface area contributed by atoms with E-state index in [0.717, 1.165) is 16.5 Å². The molecule has 182 valence electrons. The Balaban J connectivity index is 1.54. The number of phenolic OH excluding ortho intramolecular Hbond substituents is 1. The molecule has 6 nitrogen and oxygen atoms in total. The van der Waals surface area contributed by atoms with E-state index in [9.17, 15) is 5.11 Å². The van der Waals surface area contributed by atoms with Crippen molar-refractivity contribution >= 4 is 39.7 Å². The first-order chi connectivity index (χ1) is 18.7. The minimum Gasteiger partial charge on any atom is -0.507 e. The smallest absolute Gasteiger partial charge is 0.239 e. The molecule has 0 spiro atoms. The molecule has 7 heteroatoms. The number of ether oxygens (including phenoxy) is 1. The molecule has 0 bridgehead atoms. The van der Waals surface area contributed by atoms with E-state index in [1.807, 2.05) is 95.9 Å². The molecule has 0 saturated heterocycles. The summed E-state index contributed by atoms with van der Waals surface area (Å²) >= 11 is 6.64. The summed E-state index contributed by atoms with van der Waals surface area (Å²) in [6.45, 7) is 0. The lowest BCUT2D eigenvalue weighted by atomic mass is 10.0. The number of para-hydroxylation sites is 1. The quantitative estimate of drug-likeness (QED) is 0.256. The van der Waals surface area contributed by atoms with Crippen LogP contribution < -0.4 is 9.64 Å². The maximum Gasteiger partial charge on any atom is 0.239 e. The SMILES string of the molecule is Oc1cccc2ccc3c(c12)Oc1c(Cl)cccc1N3c1nc(-c2ccccc2)nc(-c2ccccc2)n1. The molecular formula is C31H19ClN4O2. The molecule has 2 heterocycles. The normalized spacial score (nSPS) is 12.1. The number of hydrogen-bond donors (Lipinski definition) is 1. The summed E-state index contributed by atoms with van der Waals surface area (Å²) in [6.07, 6.45) is 0. The Morgan fingerprint density at radius 1 is 0.605 bits per heavy atom. The number of fused-ring (bicyclic) bond motifs is 4. The van der Waals surface area contributed by atoms with Crippen molar-refractivity contribution in [3.8, 4) is 40.0 Å². The third-order valence-corrected chi connectivity index (χ3v) is 6.77. The first-order valence-corrected chi connectivity index (χ1v) is 12.4. The summed E-state index contributed by atoms with van der Waals surface area (Å²) in [4.78, 5) is 16.6. The molecule has 0 unspecified atom stereocenters. The highest BCUT2D eigenvalue weighted by Crippen LogP contribution is 2.55. The van der Waals surface area contributed by atoms with Gasteiger partial charge in [-0.05, 0) is 29.7 Å². The molecule has 7 rings (SSSR count). The maximum absolute atomic E-state index is 10.8. The maximum atomic E-state index is 10.8.